The second kappa shape index (κ2) is 7.71. The van der Waals surface area contributed by atoms with E-state index in [-0.39, 0.29) is 12.4 Å². The minimum Gasteiger partial charge on any atom is -0.494 e. The fourth-order valence-electron chi connectivity index (χ4n) is 3.16. The lowest BCUT2D eigenvalue weighted by molar-refractivity contribution is 0.340. The number of aromatic nitrogens is 1. The molecule has 1 saturated carbocycles. The number of nitrogens with one attached hydrogen (secondary N) is 2. The first-order chi connectivity index (χ1) is 9.86. The van der Waals surface area contributed by atoms with Crippen LogP contribution < -0.4 is 10.1 Å². The second-order valence-electron chi connectivity index (χ2n) is 5.64. The van der Waals surface area contributed by atoms with Gasteiger partial charge in [-0.15, -0.1) is 12.4 Å². The molecule has 1 fully saturated rings. The third kappa shape index (κ3) is 3.92. The quantitative estimate of drug-likeness (QED) is 0.844. The number of benzene rings is 1. The van der Waals surface area contributed by atoms with Gasteiger partial charge < -0.3 is 15.0 Å². The van der Waals surface area contributed by atoms with Crippen molar-refractivity contribution in [3.05, 3.63) is 30.0 Å². The average Bonchev–Trinajstić information content (AvgIpc) is 3.09. The van der Waals surface area contributed by atoms with Gasteiger partial charge in [0.05, 0.1) is 6.61 Å². The molecule has 4 heteroatoms. The van der Waals surface area contributed by atoms with Crippen LogP contribution in [-0.4, -0.2) is 24.2 Å². The molecule has 1 aromatic carbocycles. The van der Waals surface area contributed by atoms with E-state index < -0.39 is 0 Å². The summed E-state index contributed by atoms with van der Waals surface area (Å²) in [6, 6.07) is 7.04. The molecule has 3 nitrogen and oxygen atoms in total. The van der Waals surface area contributed by atoms with Gasteiger partial charge in [-0.3, -0.25) is 0 Å². The number of ether oxygens (including phenoxy) is 1. The van der Waals surface area contributed by atoms with E-state index in [2.05, 4.69) is 28.6 Å². The number of H-pyrrole nitrogens is 1. The molecule has 0 unspecified atom stereocenters. The molecule has 0 radical (unpaired) electrons. The number of rotatable bonds is 6. The van der Waals surface area contributed by atoms with Crippen LogP contribution in [-0.2, 0) is 6.42 Å². The monoisotopic (exact) mass is 308 g/mol. The van der Waals surface area contributed by atoms with E-state index in [1.54, 1.807) is 0 Å². The summed E-state index contributed by atoms with van der Waals surface area (Å²) >= 11 is 0. The highest BCUT2D eigenvalue weighted by atomic mass is 35.5. The van der Waals surface area contributed by atoms with E-state index in [0.717, 1.165) is 24.8 Å². The van der Waals surface area contributed by atoms with Gasteiger partial charge in [-0.2, -0.15) is 0 Å². The predicted octanol–water partition coefficient (Wildman–Crippen LogP) is 4.06. The van der Waals surface area contributed by atoms with E-state index in [9.17, 15) is 0 Å². The Bertz CT molecular complexity index is 561. The summed E-state index contributed by atoms with van der Waals surface area (Å²) in [5, 5.41) is 4.97. The number of halogens is 1. The van der Waals surface area contributed by atoms with Gasteiger partial charge in [-0.05, 0) is 56.5 Å². The lowest BCUT2D eigenvalue weighted by Crippen LogP contribution is -2.27. The molecule has 0 aliphatic heterocycles. The van der Waals surface area contributed by atoms with E-state index >= 15 is 0 Å². The molecule has 21 heavy (non-hydrogen) atoms. The first-order valence-electron chi connectivity index (χ1n) is 7.83. The number of aromatic amines is 1. The molecule has 0 atom stereocenters. The predicted molar refractivity (Wildman–Crippen MR) is 90.7 cm³/mol. The summed E-state index contributed by atoms with van der Waals surface area (Å²) in [6.45, 7) is 3.80. The lowest BCUT2D eigenvalue weighted by Gasteiger charge is -2.11. The molecular formula is C17H25ClN2O. The van der Waals surface area contributed by atoms with Crippen LogP contribution in [0, 0.1) is 0 Å². The summed E-state index contributed by atoms with van der Waals surface area (Å²) in [6.07, 6.45) is 8.69. The maximum Gasteiger partial charge on any atom is 0.120 e. The van der Waals surface area contributed by atoms with Crippen molar-refractivity contribution in [2.45, 2.75) is 45.1 Å². The molecule has 0 spiro atoms. The van der Waals surface area contributed by atoms with Crippen LogP contribution in [0.3, 0.4) is 0 Å². The number of hydrogen-bond donors (Lipinski definition) is 2. The van der Waals surface area contributed by atoms with Crippen molar-refractivity contribution in [3.63, 3.8) is 0 Å². The Labute approximate surface area is 132 Å². The maximum absolute atomic E-state index is 5.59. The SMILES string of the molecule is CCOc1ccc2[nH]cc(CCNC3CCCC3)c2c1.Cl. The minimum atomic E-state index is 0. The third-order valence-electron chi connectivity index (χ3n) is 4.23. The normalized spacial score (nSPS) is 15.3. The van der Waals surface area contributed by atoms with E-state index in [1.807, 2.05) is 13.0 Å². The highest BCUT2D eigenvalue weighted by Gasteiger charge is 2.14. The van der Waals surface area contributed by atoms with Crippen molar-refractivity contribution in [3.8, 4) is 5.75 Å². The Hall–Kier alpha value is -1.19. The van der Waals surface area contributed by atoms with Gasteiger partial charge in [-0.1, -0.05) is 12.8 Å². The van der Waals surface area contributed by atoms with Gasteiger partial charge >= 0.3 is 0 Å². The highest BCUT2D eigenvalue weighted by Crippen LogP contribution is 2.24. The van der Waals surface area contributed by atoms with Gasteiger partial charge in [0.1, 0.15) is 5.75 Å². The molecule has 1 aliphatic carbocycles. The maximum atomic E-state index is 5.59. The molecule has 116 valence electrons. The Morgan fingerprint density at radius 2 is 2.10 bits per heavy atom. The fraction of sp³-hybridized carbons (Fsp3) is 0.529. The van der Waals surface area contributed by atoms with Crippen molar-refractivity contribution >= 4 is 23.3 Å². The summed E-state index contributed by atoms with van der Waals surface area (Å²) in [5.74, 6) is 0.963. The first-order valence-corrected chi connectivity index (χ1v) is 7.83. The minimum absolute atomic E-state index is 0. The highest BCUT2D eigenvalue weighted by molar-refractivity contribution is 5.85. The number of fused-ring (bicyclic) bond motifs is 1. The molecule has 2 aromatic rings. The molecular weight excluding hydrogens is 284 g/mol. The summed E-state index contributed by atoms with van der Waals surface area (Å²) in [4.78, 5) is 3.35. The van der Waals surface area contributed by atoms with E-state index in [0.29, 0.717) is 6.61 Å². The fourth-order valence-corrected chi connectivity index (χ4v) is 3.16. The molecule has 0 amide bonds. The zero-order valence-corrected chi connectivity index (χ0v) is 13.5. The molecule has 1 aromatic heterocycles. The van der Waals surface area contributed by atoms with Crippen molar-refractivity contribution < 1.29 is 4.74 Å². The molecule has 0 bridgehead atoms. The Morgan fingerprint density at radius 3 is 2.86 bits per heavy atom. The number of hydrogen-bond acceptors (Lipinski definition) is 2. The standard InChI is InChI=1S/C17H24N2O.ClH/c1-2-20-15-7-8-17-16(11-15)13(12-19-17)9-10-18-14-5-3-4-6-14;/h7-8,11-12,14,18-19H,2-6,9-10H2,1H3;1H. The first kappa shape index (κ1) is 16.2. The van der Waals surface area contributed by atoms with E-state index in [4.69, 9.17) is 4.74 Å². The zero-order valence-electron chi connectivity index (χ0n) is 12.7. The largest absolute Gasteiger partial charge is 0.494 e. The summed E-state index contributed by atoms with van der Waals surface area (Å²) in [7, 11) is 0. The molecule has 1 heterocycles. The van der Waals surface area contributed by atoms with Crippen LogP contribution >= 0.6 is 12.4 Å². The van der Waals surface area contributed by atoms with Crippen LogP contribution in [0.5, 0.6) is 5.75 Å². The van der Waals surface area contributed by atoms with Gasteiger partial charge in [0.25, 0.3) is 0 Å². The summed E-state index contributed by atoms with van der Waals surface area (Å²) < 4.78 is 5.59. The van der Waals surface area contributed by atoms with Crippen LogP contribution in [0.25, 0.3) is 10.9 Å². The average molecular weight is 309 g/mol. The Kier molecular flexibility index (Phi) is 5.95. The lowest BCUT2D eigenvalue weighted by atomic mass is 10.1. The zero-order chi connectivity index (χ0) is 13.8. The van der Waals surface area contributed by atoms with Gasteiger partial charge in [-0.25, -0.2) is 0 Å². The van der Waals surface area contributed by atoms with Gasteiger partial charge in [0, 0.05) is 23.1 Å². The molecule has 2 N–H and O–H groups in total. The molecule has 0 saturated heterocycles. The van der Waals surface area contributed by atoms with Crippen LogP contribution in [0.4, 0.5) is 0 Å². The van der Waals surface area contributed by atoms with Crippen molar-refractivity contribution in [1.29, 1.82) is 0 Å². The smallest absolute Gasteiger partial charge is 0.120 e. The van der Waals surface area contributed by atoms with Gasteiger partial charge in [0.2, 0.25) is 0 Å². The van der Waals surface area contributed by atoms with Crippen molar-refractivity contribution in [2.75, 3.05) is 13.2 Å². The molecule has 1 aliphatic rings. The topological polar surface area (TPSA) is 37.0 Å². The second-order valence-corrected chi connectivity index (χ2v) is 5.64. The van der Waals surface area contributed by atoms with Crippen molar-refractivity contribution in [2.24, 2.45) is 0 Å². The van der Waals surface area contributed by atoms with Crippen LogP contribution in [0.1, 0.15) is 38.2 Å². The Morgan fingerprint density at radius 1 is 1.29 bits per heavy atom. The van der Waals surface area contributed by atoms with Gasteiger partial charge in [0.15, 0.2) is 0 Å². The Balaban J connectivity index is 0.00000161. The third-order valence-corrected chi connectivity index (χ3v) is 4.23. The molecule has 3 rings (SSSR count). The van der Waals surface area contributed by atoms with E-state index in [1.165, 1.54) is 42.1 Å². The van der Waals surface area contributed by atoms with Crippen molar-refractivity contribution in [1.82, 2.24) is 10.3 Å². The van der Waals surface area contributed by atoms with Crippen LogP contribution in [0.15, 0.2) is 24.4 Å². The van der Waals surface area contributed by atoms with Crippen LogP contribution in [0.2, 0.25) is 0 Å². The summed E-state index contributed by atoms with van der Waals surface area (Å²) in [5.41, 5.74) is 2.58.